The highest BCUT2D eigenvalue weighted by Crippen LogP contribution is 2.38. The quantitative estimate of drug-likeness (QED) is 0.178. The zero-order chi connectivity index (χ0) is 32.8. The second kappa shape index (κ2) is 14.7. The van der Waals surface area contributed by atoms with Crippen molar-refractivity contribution in [1.29, 1.82) is 0 Å². The fourth-order valence-corrected chi connectivity index (χ4v) is 6.30. The van der Waals surface area contributed by atoms with Crippen LogP contribution in [0.15, 0.2) is 76.2 Å². The van der Waals surface area contributed by atoms with Crippen molar-refractivity contribution in [2.24, 2.45) is 4.99 Å². The van der Waals surface area contributed by atoms with Crippen LogP contribution >= 0.6 is 22.9 Å². The fraction of sp³-hybridized carbons (Fsp3) is 0.286. The number of hydrogen-bond acceptors (Lipinski definition) is 9. The van der Waals surface area contributed by atoms with Crippen molar-refractivity contribution < 1.29 is 28.5 Å². The lowest BCUT2D eigenvalue weighted by Gasteiger charge is -2.23. The average molecular weight is 663 g/mol. The van der Waals surface area contributed by atoms with Gasteiger partial charge >= 0.3 is 5.97 Å². The van der Waals surface area contributed by atoms with E-state index in [9.17, 15) is 9.59 Å². The zero-order valence-corrected chi connectivity index (χ0v) is 27.9. The van der Waals surface area contributed by atoms with Gasteiger partial charge in [-0.25, -0.2) is 9.79 Å². The van der Waals surface area contributed by atoms with E-state index in [-0.39, 0.29) is 11.1 Å². The summed E-state index contributed by atoms with van der Waals surface area (Å²) in [5, 5.41) is 0.348. The van der Waals surface area contributed by atoms with Crippen LogP contribution < -0.4 is 33.8 Å². The molecule has 0 bridgehead atoms. The van der Waals surface area contributed by atoms with Crippen LogP contribution in [0.5, 0.6) is 23.0 Å². The molecule has 0 amide bonds. The van der Waals surface area contributed by atoms with Gasteiger partial charge in [0.2, 0.25) is 0 Å². The maximum Gasteiger partial charge on any atom is 0.337 e. The second-order valence-corrected chi connectivity index (χ2v) is 11.7. The molecular weight excluding hydrogens is 628 g/mol. The van der Waals surface area contributed by atoms with Crippen LogP contribution in [0.4, 0.5) is 0 Å². The molecule has 1 atom stereocenters. The minimum atomic E-state index is -0.805. The van der Waals surface area contributed by atoms with Crippen molar-refractivity contribution in [2.75, 3.05) is 26.9 Å². The lowest BCUT2D eigenvalue weighted by molar-refractivity contribution is -0.136. The Morgan fingerprint density at radius 1 is 0.935 bits per heavy atom. The van der Waals surface area contributed by atoms with Gasteiger partial charge in [-0.1, -0.05) is 58.8 Å². The van der Waals surface area contributed by atoms with E-state index in [1.165, 1.54) is 29.2 Å². The number of hydrogen-bond donors (Lipinski definition) is 0. The number of methoxy groups -OCH3 is 1. The topological polar surface area (TPSA) is 97.6 Å². The van der Waals surface area contributed by atoms with Crippen LogP contribution in [0.3, 0.4) is 0 Å². The third-order valence-electron chi connectivity index (χ3n) is 7.14. The molecule has 0 saturated carbocycles. The molecule has 9 nitrogen and oxygen atoms in total. The molecule has 1 aromatic heterocycles. The van der Waals surface area contributed by atoms with Gasteiger partial charge in [-0.2, -0.15) is 0 Å². The summed E-state index contributed by atoms with van der Waals surface area (Å²) in [6.07, 6.45) is 3.18. The smallest absolute Gasteiger partial charge is 0.337 e. The standard InChI is InChI=1S/C35H35ClN2O7S/c1-6-42-27-14-13-24(18-28(27)43-7-2)31-25(34(40)41-5)19-37-35-38(31)33(39)30(46-35)17-23-15-26(36)32(29(16-23)44-8-3)45-20-22-11-9-21(4)10-12-22/h9-19,31H,6-8,20H2,1-5H3/b30-17-/t31-/m1/s1. The summed E-state index contributed by atoms with van der Waals surface area (Å²) in [5.41, 5.74) is 3.33. The summed E-state index contributed by atoms with van der Waals surface area (Å²) in [6.45, 7) is 9.24. The highest BCUT2D eigenvalue weighted by molar-refractivity contribution is 7.07. The molecular formula is C35H35ClN2O7S. The summed E-state index contributed by atoms with van der Waals surface area (Å²) < 4.78 is 30.5. The fourth-order valence-electron chi connectivity index (χ4n) is 5.05. The van der Waals surface area contributed by atoms with E-state index in [0.717, 1.165) is 11.1 Å². The molecule has 4 aromatic rings. The Hall–Kier alpha value is -4.54. The molecule has 1 aliphatic rings. The Morgan fingerprint density at radius 2 is 1.63 bits per heavy atom. The monoisotopic (exact) mass is 662 g/mol. The molecule has 0 aliphatic carbocycles. The summed E-state index contributed by atoms with van der Waals surface area (Å²) in [6, 6.07) is 16.1. The highest BCUT2D eigenvalue weighted by Gasteiger charge is 2.31. The number of fused-ring (bicyclic) bond motifs is 1. The molecule has 3 aromatic carbocycles. The second-order valence-electron chi connectivity index (χ2n) is 10.3. The number of halogens is 1. The Kier molecular flexibility index (Phi) is 10.5. The number of benzene rings is 3. The lowest BCUT2D eigenvalue weighted by atomic mass is 9.97. The van der Waals surface area contributed by atoms with Gasteiger partial charge in [0.15, 0.2) is 27.8 Å². The predicted octanol–water partition coefficient (Wildman–Crippen LogP) is 5.76. The van der Waals surface area contributed by atoms with Crippen molar-refractivity contribution in [3.63, 3.8) is 0 Å². The van der Waals surface area contributed by atoms with Gasteiger partial charge in [-0.15, -0.1) is 0 Å². The summed E-state index contributed by atoms with van der Waals surface area (Å²) >= 11 is 7.91. The van der Waals surface area contributed by atoms with E-state index in [1.807, 2.05) is 52.0 Å². The zero-order valence-electron chi connectivity index (χ0n) is 26.3. The molecule has 5 rings (SSSR count). The highest BCUT2D eigenvalue weighted by atomic mass is 35.5. The molecule has 2 heterocycles. The first-order chi connectivity index (χ1) is 22.3. The first-order valence-electron chi connectivity index (χ1n) is 14.9. The SMILES string of the molecule is CCOc1ccc([C@@H]2C(C(=O)OC)=CN=c3s/c(=C\c4cc(Cl)c(OCc5ccc(C)cc5)c(OCC)c4)c(=O)n32)cc1OCC. The number of nitrogens with zero attached hydrogens (tertiary/aromatic N) is 2. The molecule has 46 heavy (non-hydrogen) atoms. The van der Waals surface area contributed by atoms with Crippen LogP contribution in [0.2, 0.25) is 5.02 Å². The van der Waals surface area contributed by atoms with Gasteiger partial charge in [-0.05, 0) is 74.7 Å². The minimum Gasteiger partial charge on any atom is -0.490 e. The van der Waals surface area contributed by atoms with Crippen LogP contribution in [0.1, 0.15) is 49.1 Å². The molecule has 0 unspecified atom stereocenters. The Labute approximate surface area is 275 Å². The Bertz CT molecular complexity index is 1950. The Balaban J connectivity index is 1.57. The van der Waals surface area contributed by atoms with Crippen molar-refractivity contribution >= 4 is 35.0 Å². The third kappa shape index (κ3) is 6.98. The maximum atomic E-state index is 14.0. The molecule has 1 aliphatic heterocycles. The van der Waals surface area contributed by atoms with Crippen LogP contribution in [0.25, 0.3) is 6.08 Å². The van der Waals surface area contributed by atoms with Gasteiger partial charge in [0.05, 0.1) is 48.1 Å². The molecule has 0 saturated heterocycles. The number of esters is 1. The third-order valence-corrected chi connectivity index (χ3v) is 8.42. The molecule has 240 valence electrons. The summed E-state index contributed by atoms with van der Waals surface area (Å²) in [7, 11) is 1.29. The molecule has 0 spiro atoms. The maximum absolute atomic E-state index is 14.0. The van der Waals surface area contributed by atoms with Crippen molar-refractivity contribution in [2.45, 2.75) is 40.3 Å². The molecule has 11 heteroatoms. The van der Waals surface area contributed by atoms with Gasteiger partial charge in [0.1, 0.15) is 6.61 Å². The largest absolute Gasteiger partial charge is 0.490 e. The molecule has 0 radical (unpaired) electrons. The summed E-state index contributed by atoms with van der Waals surface area (Å²) in [4.78, 5) is 31.8. The Morgan fingerprint density at radius 3 is 2.33 bits per heavy atom. The average Bonchev–Trinajstić information content (AvgIpc) is 3.36. The van der Waals surface area contributed by atoms with Gasteiger partial charge in [0.25, 0.3) is 5.56 Å². The number of aryl methyl sites for hydroxylation is 1. The first-order valence-corrected chi connectivity index (χ1v) is 16.1. The van der Waals surface area contributed by atoms with Crippen molar-refractivity contribution in [1.82, 2.24) is 4.57 Å². The van der Waals surface area contributed by atoms with Crippen LogP contribution in [-0.2, 0) is 16.1 Å². The van der Waals surface area contributed by atoms with E-state index in [4.69, 9.17) is 35.3 Å². The predicted molar refractivity (Wildman–Crippen MR) is 178 cm³/mol. The van der Waals surface area contributed by atoms with Crippen molar-refractivity contribution in [3.8, 4) is 23.0 Å². The molecule has 0 N–H and O–H groups in total. The van der Waals surface area contributed by atoms with E-state index >= 15 is 0 Å². The first kappa shape index (κ1) is 32.8. The number of rotatable bonds is 12. The van der Waals surface area contributed by atoms with E-state index < -0.39 is 12.0 Å². The number of carbonyl (C=O) groups excluding carboxylic acids is 1. The van der Waals surface area contributed by atoms with Crippen molar-refractivity contribution in [3.05, 3.63) is 113 Å². The van der Waals surface area contributed by atoms with Gasteiger partial charge in [0, 0.05) is 6.20 Å². The van der Waals surface area contributed by atoms with E-state index in [1.54, 1.807) is 36.4 Å². The normalized spacial score (nSPS) is 14.2. The van der Waals surface area contributed by atoms with Gasteiger partial charge in [-0.3, -0.25) is 9.36 Å². The number of aromatic nitrogens is 1. The minimum absolute atomic E-state index is 0.213. The number of ether oxygens (including phenoxy) is 5. The van der Waals surface area contributed by atoms with Gasteiger partial charge < -0.3 is 23.7 Å². The summed E-state index contributed by atoms with van der Waals surface area (Å²) in [5.74, 6) is 1.37. The number of thiazole rings is 1. The van der Waals surface area contributed by atoms with E-state index in [0.29, 0.717) is 74.9 Å². The van der Waals surface area contributed by atoms with Crippen LogP contribution in [0, 0.1) is 6.92 Å². The van der Waals surface area contributed by atoms with E-state index in [2.05, 4.69) is 4.99 Å². The molecule has 0 fully saturated rings. The van der Waals surface area contributed by atoms with Crippen LogP contribution in [-0.4, -0.2) is 37.5 Å². The number of carbonyl (C=O) groups is 1. The lowest BCUT2D eigenvalue weighted by Crippen LogP contribution is -2.39.